The molecule has 2 aliphatic rings. The van der Waals surface area contributed by atoms with E-state index < -0.39 is 23.7 Å². The van der Waals surface area contributed by atoms with E-state index in [4.69, 9.17) is 9.47 Å². The molecule has 5 rings (SSSR count). The Hall–Kier alpha value is -3.43. The largest absolute Gasteiger partial charge is 0.479 e. The molecule has 0 amide bonds. The van der Waals surface area contributed by atoms with E-state index in [2.05, 4.69) is 4.98 Å². The van der Waals surface area contributed by atoms with Crippen molar-refractivity contribution in [3.63, 3.8) is 0 Å². The minimum Gasteiger partial charge on any atom is -0.479 e. The lowest BCUT2D eigenvalue weighted by atomic mass is 9.87. The molecule has 4 heterocycles. The van der Waals surface area contributed by atoms with E-state index in [0.29, 0.717) is 28.4 Å². The zero-order valence-corrected chi connectivity index (χ0v) is 16.0. The monoisotopic (exact) mass is 410 g/mol. The summed E-state index contributed by atoms with van der Waals surface area (Å²) in [5, 5.41) is 30.9. The first kappa shape index (κ1) is 18.6. The molecule has 3 aromatic rings. The van der Waals surface area contributed by atoms with E-state index in [1.807, 2.05) is 12.1 Å². The number of carboxylic acids is 1. The number of fused-ring (bicyclic) bond motifs is 5. The predicted octanol–water partition coefficient (Wildman–Crippen LogP) is 1.33. The zero-order chi connectivity index (χ0) is 21.2. The lowest BCUT2D eigenvalue weighted by Crippen LogP contribution is -2.39. The van der Waals surface area contributed by atoms with Gasteiger partial charge in [-0.2, -0.15) is 0 Å². The highest BCUT2D eigenvalue weighted by atomic mass is 16.7. The van der Waals surface area contributed by atoms with Crippen molar-refractivity contribution in [2.24, 2.45) is 0 Å². The van der Waals surface area contributed by atoms with Crippen LogP contribution in [0, 0.1) is 0 Å². The van der Waals surface area contributed by atoms with Gasteiger partial charge in [-0.15, -0.1) is 0 Å². The van der Waals surface area contributed by atoms with Gasteiger partial charge >= 0.3 is 5.97 Å². The lowest BCUT2D eigenvalue weighted by Gasteiger charge is -2.25. The fourth-order valence-corrected chi connectivity index (χ4v) is 4.14. The van der Waals surface area contributed by atoms with Crippen LogP contribution in [-0.4, -0.2) is 37.6 Å². The lowest BCUT2D eigenvalue weighted by molar-refractivity contribution is -0.160. The number of pyridine rings is 2. The summed E-state index contributed by atoms with van der Waals surface area (Å²) in [6, 6.07) is 6.92. The Balaban J connectivity index is 1.77. The Labute approximate surface area is 169 Å². The quantitative estimate of drug-likeness (QED) is 0.459. The van der Waals surface area contributed by atoms with Gasteiger partial charge < -0.3 is 29.4 Å². The fraction of sp³-hybridized carbons (Fsp3) is 0.286. The Morgan fingerprint density at radius 3 is 2.63 bits per heavy atom. The van der Waals surface area contributed by atoms with Crippen molar-refractivity contribution < 1.29 is 29.6 Å². The minimum atomic E-state index is -2.29. The average Bonchev–Trinajstić information content (AvgIpc) is 3.33. The van der Waals surface area contributed by atoms with Crippen molar-refractivity contribution >= 4 is 16.9 Å². The molecule has 1 atom stereocenters. The molecule has 0 spiro atoms. The molecule has 0 bridgehead atoms. The van der Waals surface area contributed by atoms with Crippen molar-refractivity contribution in [1.29, 1.82) is 0 Å². The van der Waals surface area contributed by atoms with E-state index in [1.165, 1.54) is 17.6 Å². The highest BCUT2D eigenvalue weighted by molar-refractivity contribution is 5.87. The van der Waals surface area contributed by atoms with Crippen LogP contribution in [0.2, 0.25) is 0 Å². The molecule has 2 aromatic heterocycles. The number of benzene rings is 1. The number of nitrogens with zero attached hydrogens (tertiary/aromatic N) is 2. The highest BCUT2D eigenvalue weighted by Crippen LogP contribution is 2.40. The standard InChI is InChI=1S/C21H18N2O7/c1-2-21(28,20(26)27)13-5-15-18-11(7-23(15)19(25)12(13)8-24)3-10-4-16-17(30-9-29-16)6-14(10)22-18/h3-6,24,28H,2,7-9H2,1H3,(H,26,27)/t21-/m0/s1. The van der Waals surface area contributed by atoms with Crippen LogP contribution in [0.25, 0.3) is 22.3 Å². The molecular weight excluding hydrogens is 392 g/mol. The number of aromatic nitrogens is 2. The molecule has 1 aromatic carbocycles. The van der Waals surface area contributed by atoms with Gasteiger partial charge in [0.1, 0.15) is 0 Å². The third-order valence-electron chi connectivity index (χ3n) is 5.83. The Morgan fingerprint density at radius 1 is 1.23 bits per heavy atom. The van der Waals surface area contributed by atoms with Crippen LogP contribution < -0.4 is 15.0 Å². The second kappa shape index (κ2) is 6.28. The van der Waals surface area contributed by atoms with Crippen molar-refractivity contribution in [1.82, 2.24) is 9.55 Å². The number of rotatable bonds is 4. The minimum absolute atomic E-state index is 0.114. The Morgan fingerprint density at radius 2 is 1.97 bits per heavy atom. The van der Waals surface area contributed by atoms with Crippen LogP contribution in [0.3, 0.4) is 0 Å². The van der Waals surface area contributed by atoms with Gasteiger partial charge in [0.15, 0.2) is 17.1 Å². The topological polar surface area (TPSA) is 131 Å². The summed E-state index contributed by atoms with van der Waals surface area (Å²) in [6.45, 7) is 1.19. The molecule has 2 aliphatic heterocycles. The smallest absolute Gasteiger partial charge is 0.340 e. The maximum absolute atomic E-state index is 13.1. The van der Waals surface area contributed by atoms with Crippen molar-refractivity contribution in [3.8, 4) is 22.9 Å². The first-order chi connectivity index (χ1) is 14.4. The summed E-state index contributed by atoms with van der Waals surface area (Å²) in [5.41, 5.74) is -0.763. The maximum Gasteiger partial charge on any atom is 0.340 e. The molecule has 0 radical (unpaired) electrons. The number of aliphatic carboxylic acids is 1. The molecule has 0 saturated carbocycles. The van der Waals surface area contributed by atoms with Crippen molar-refractivity contribution in [2.75, 3.05) is 6.79 Å². The van der Waals surface area contributed by atoms with Crippen LogP contribution in [0.4, 0.5) is 0 Å². The summed E-state index contributed by atoms with van der Waals surface area (Å²) in [6.07, 6.45) is -0.167. The van der Waals surface area contributed by atoms with Crippen LogP contribution in [0.5, 0.6) is 11.5 Å². The van der Waals surface area contributed by atoms with Gasteiger partial charge in [0.05, 0.1) is 30.1 Å². The number of hydrogen-bond acceptors (Lipinski definition) is 7. The summed E-state index contributed by atoms with van der Waals surface area (Å²) < 4.78 is 12.2. The number of ether oxygens (including phenoxy) is 2. The Bertz CT molecular complexity index is 1300. The van der Waals surface area contributed by atoms with Gasteiger partial charge in [-0.25, -0.2) is 9.78 Å². The second-order valence-electron chi connectivity index (χ2n) is 7.38. The molecule has 9 nitrogen and oxygen atoms in total. The number of hydrogen-bond donors (Lipinski definition) is 3. The number of carboxylic acid groups (broad SMARTS) is 1. The van der Waals surface area contributed by atoms with E-state index in [-0.39, 0.29) is 30.9 Å². The summed E-state index contributed by atoms with van der Waals surface area (Å²) >= 11 is 0. The van der Waals surface area contributed by atoms with E-state index in [9.17, 15) is 24.9 Å². The molecular formula is C21H18N2O7. The molecule has 0 aliphatic carbocycles. The number of aliphatic hydroxyl groups excluding tert-OH is 1. The first-order valence-corrected chi connectivity index (χ1v) is 9.45. The van der Waals surface area contributed by atoms with Crippen molar-refractivity contribution in [3.05, 3.63) is 51.3 Å². The molecule has 0 saturated heterocycles. The molecule has 3 N–H and O–H groups in total. The van der Waals surface area contributed by atoms with Gasteiger partial charge in [0, 0.05) is 28.1 Å². The third-order valence-corrected chi connectivity index (χ3v) is 5.83. The summed E-state index contributed by atoms with van der Waals surface area (Å²) in [4.78, 5) is 29.5. The molecule has 9 heteroatoms. The Kier molecular flexibility index (Phi) is 3.89. The van der Waals surface area contributed by atoms with Gasteiger partial charge in [0.25, 0.3) is 5.56 Å². The molecule has 0 unspecified atom stereocenters. The number of aliphatic hydroxyl groups is 2. The van der Waals surface area contributed by atoms with E-state index in [0.717, 1.165) is 10.9 Å². The maximum atomic E-state index is 13.1. The molecule has 30 heavy (non-hydrogen) atoms. The normalized spacial score (nSPS) is 15.7. The average molecular weight is 410 g/mol. The highest BCUT2D eigenvalue weighted by Gasteiger charge is 2.40. The van der Waals surface area contributed by atoms with Gasteiger partial charge in [0.2, 0.25) is 6.79 Å². The van der Waals surface area contributed by atoms with Crippen LogP contribution in [-0.2, 0) is 23.5 Å². The molecule has 0 fully saturated rings. The second-order valence-corrected chi connectivity index (χ2v) is 7.38. The van der Waals surface area contributed by atoms with Crippen molar-refractivity contribution in [2.45, 2.75) is 32.1 Å². The van der Waals surface area contributed by atoms with E-state index in [1.54, 1.807) is 6.07 Å². The van der Waals surface area contributed by atoms with Gasteiger partial charge in [-0.3, -0.25) is 4.79 Å². The van der Waals surface area contributed by atoms with Gasteiger partial charge in [-0.1, -0.05) is 6.92 Å². The SMILES string of the molecule is CC[C@@](O)(C(=O)O)c1cc2n(c(=O)c1CO)Cc1cc3cc4c(cc3nc1-2)OCO4. The van der Waals surface area contributed by atoms with Gasteiger partial charge in [-0.05, 0) is 24.6 Å². The number of carbonyl (C=O) groups is 1. The van der Waals surface area contributed by atoms with Crippen LogP contribution in [0.1, 0.15) is 30.0 Å². The van der Waals surface area contributed by atoms with Crippen LogP contribution >= 0.6 is 0 Å². The first-order valence-electron chi connectivity index (χ1n) is 9.45. The predicted molar refractivity (Wildman–Crippen MR) is 104 cm³/mol. The third kappa shape index (κ3) is 2.39. The zero-order valence-electron chi connectivity index (χ0n) is 16.0. The fourth-order valence-electron chi connectivity index (χ4n) is 4.14. The summed E-state index contributed by atoms with van der Waals surface area (Å²) in [7, 11) is 0. The van der Waals surface area contributed by atoms with Crippen LogP contribution in [0.15, 0.2) is 29.1 Å². The summed E-state index contributed by atoms with van der Waals surface area (Å²) in [5.74, 6) is -0.286. The van der Waals surface area contributed by atoms with E-state index >= 15 is 0 Å². The molecule has 154 valence electrons.